The molecule has 7 heteroatoms. The third kappa shape index (κ3) is 3.40. The second-order valence-corrected chi connectivity index (χ2v) is 6.50. The SMILES string of the molecule is CCc1n[nH]c(=S)n1NCc1ccc(-c2ccc(Br)cc2C)o1. The number of aromatic amines is 1. The highest BCUT2D eigenvalue weighted by molar-refractivity contribution is 9.10. The van der Waals surface area contributed by atoms with Crippen LogP contribution in [0.25, 0.3) is 11.3 Å². The van der Waals surface area contributed by atoms with E-state index in [0.717, 1.165) is 33.8 Å². The molecule has 0 aliphatic carbocycles. The predicted octanol–water partition coefficient (Wildman–Crippen LogP) is 4.58. The molecule has 0 fully saturated rings. The number of halogens is 1. The maximum absolute atomic E-state index is 5.95. The maximum Gasteiger partial charge on any atom is 0.214 e. The van der Waals surface area contributed by atoms with Gasteiger partial charge in [-0.2, -0.15) is 5.10 Å². The molecule has 2 N–H and O–H groups in total. The van der Waals surface area contributed by atoms with Crippen molar-refractivity contribution in [3.05, 3.63) is 56.7 Å². The summed E-state index contributed by atoms with van der Waals surface area (Å²) < 4.78 is 9.34. The van der Waals surface area contributed by atoms with Gasteiger partial charge in [0.2, 0.25) is 4.77 Å². The molecule has 1 aromatic carbocycles. The topological polar surface area (TPSA) is 58.8 Å². The summed E-state index contributed by atoms with van der Waals surface area (Å²) in [5.74, 6) is 2.57. The van der Waals surface area contributed by atoms with E-state index >= 15 is 0 Å². The number of aryl methyl sites for hydroxylation is 2. The summed E-state index contributed by atoms with van der Waals surface area (Å²) in [7, 11) is 0. The zero-order valence-corrected chi connectivity index (χ0v) is 15.3. The van der Waals surface area contributed by atoms with Crippen molar-refractivity contribution in [3.63, 3.8) is 0 Å². The first-order valence-electron chi connectivity index (χ1n) is 7.34. The van der Waals surface area contributed by atoms with Crippen LogP contribution in [0.1, 0.15) is 24.1 Å². The highest BCUT2D eigenvalue weighted by atomic mass is 79.9. The minimum atomic E-state index is 0.538. The molecule has 5 nitrogen and oxygen atoms in total. The maximum atomic E-state index is 5.95. The standard InChI is InChI=1S/C16H17BrN4OS/c1-3-15-19-20-16(23)21(15)18-9-12-5-7-14(22-12)13-6-4-11(17)8-10(13)2/h4-8,18H,3,9H2,1-2H3,(H,20,23). The van der Waals surface area contributed by atoms with E-state index in [1.165, 1.54) is 5.56 Å². The molecule has 0 radical (unpaired) electrons. The number of nitrogens with zero attached hydrogens (tertiary/aromatic N) is 2. The first-order chi connectivity index (χ1) is 11.1. The van der Waals surface area contributed by atoms with Crippen LogP contribution in [-0.2, 0) is 13.0 Å². The van der Waals surface area contributed by atoms with Gasteiger partial charge in [0.15, 0.2) is 5.82 Å². The second-order valence-electron chi connectivity index (χ2n) is 5.19. The first-order valence-corrected chi connectivity index (χ1v) is 8.54. The van der Waals surface area contributed by atoms with Crippen molar-refractivity contribution in [1.82, 2.24) is 14.9 Å². The van der Waals surface area contributed by atoms with Crippen molar-refractivity contribution < 1.29 is 4.42 Å². The Balaban J connectivity index is 1.77. The van der Waals surface area contributed by atoms with Gasteiger partial charge in [0.25, 0.3) is 0 Å². The van der Waals surface area contributed by atoms with E-state index < -0.39 is 0 Å². The Kier molecular flexibility index (Phi) is 4.68. The molecular weight excluding hydrogens is 376 g/mol. The third-order valence-electron chi connectivity index (χ3n) is 3.58. The summed E-state index contributed by atoms with van der Waals surface area (Å²) >= 11 is 8.69. The third-order valence-corrected chi connectivity index (χ3v) is 4.35. The van der Waals surface area contributed by atoms with Gasteiger partial charge in [0, 0.05) is 16.5 Å². The fourth-order valence-corrected chi connectivity index (χ4v) is 3.10. The minimum Gasteiger partial charge on any atom is -0.459 e. The molecule has 0 aliphatic rings. The summed E-state index contributed by atoms with van der Waals surface area (Å²) in [6.07, 6.45) is 0.793. The Labute approximate surface area is 147 Å². The number of rotatable bonds is 5. The lowest BCUT2D eigenvalue weighted by Crippen LogP contribution is -2.16. The van der Waals surface area contributed by atoms with Gasteiger partial charge in [0.1, 0.15) is 11.5 Å². The van der Waals surface area contributed by atoms with Gasteiger partial charge in [-0.25, -0.2) is 4.68 Å². The molecule has 0 bridgehead atoms. The summed E-state index contributed by atoms with van der Waals surface area (Å²) in [6.45, 7) is 4.64. The van der Waals surface area contributed by atoms with Crippen molar-refractivity contribution in [2.75, 3.05) is 5.43 Å². The van der Waals surface area contributed by atoms with Crippen molar-refractivity contribution in [3.8, 4) is 11.3 Å². The molecule has 0 saturated heterocycles. The first kappa shape index (κ1) is 16.0. The molecule has 2 aromatic heterocycles. The van der Waals surface area contributed by atoms with E-state index in [0.29, 0.717) is 11.3 Å². The molecule has 23 heavy (non-hydrogen) atoms. The zero-order chi connectivity index (χ0) is 16.4. The molecule has 3 rings (SSSR count). The molecule has 0 saturated carbocycles. The van der Waals surface area contributed by atoms with E-state index in [-0.39, 0.29) is 0 Å². The fraction of sp³-hybridized carbons (Fsp3) is 0.250. The Hall–Kier alpha value is -1.86. The normalized spacial score (nSPS) is 10.9. The number of hydrogen-bond donors (Lipinski definition) is 2. The molecule has 0 atom stereocenters. The lowest BCUT2D eigenvalue weighted by molar-refractivity contribution is 0.521. The number of aromatic nitrogens is 3. The van der Waals surface area contributed by atoms with Gasteiger partial charge in [0.05, 0.1) is 6.54 Å². The largest absolute Gasteiger partial charge is 0.459 e. The van der Waals surface area contributed by atoms with Gasteiger partial charge in [-0.3, -0.25) is 5.10 Å². The monoisotopic (exact) mass is 392 g/mol. The second kappa shape index (κ2) is 6.72. The average Bonchev–Trinajstić information content (AvgIpc) is 3.12. The molecule has 0 spiro atoms. The van der Waals surface area contributed by atoms with Gasteiger partial charge in [-0.05, 0) is 55.0 Å². The summed E-state index contributed by atoms with van der Waals surface area (Å²) in [6, 6.07) is 10.1. The number of benzene rings is 1. The van der Waals surface area contributed by atoms with E-state index in [1.807, 2.05) is 25.1 Å². The van der Waals surface area contributed by atoms with Crippen LogP contribution in [0.15, 0.2) is 39.2 Å². The van der Waals surface area contributed by atoms with Crippen LogP contribution < -0.4 is 5.43 Å². The molecule has 0 unspecified atom stereocenters. The summed E-state index contributed by atoms with van der Waals surface area (Å²) in [5, 5.41) is 6.95. The lowest BCUT2D eigenvalue weighted by Gasteiger charge is -2.07. The number of furan rings is 1. The van der Waals surface area contributed by atoms with Gasteiger partial charge >= 0.3 is 0 Å². The van der Waals surface area contributed by atoms with Crippen molar-refractivity contribution >= 4 is 28.1 Å². The van der Waals surface area contributed by atoms with Crippen LogP contribution in [0.5, 0.6) is 0 Å². The van der Waals surface area contributed by atoms with Crippen molar-refractivity contribution in [2.45, 2.75) is 26.8 Å². The molecule has 3 aromatic rings. The molecule has 0 aliphatic heterocycles. The Morgan fingerprint density at radius 1 is 1.35 bits per heavy atom. The highest BCUT2D eigenvalue weighted by Crippen LogP contribution is 2.27. The van der Waals surface area contributed by atoms with Gasteiger partial charge in [-0.15, -0.1) is 0 Å². The Morgan fingerprint density at radius 3 is 2.91 bits per heavy atom. The van der Waals surface area contributed by atoms with Gasteiger partial charge in [-0.1, -0.05) is 22.9 Å². The fourth-order valence-electron chi connectivity index (χ4n) is 2.41. The molecule has 0 amide bonds. The Bertz CT molecular complexity index is 880. The number of H-pyrrole nitrogens is 1. The van der Waals surface area contributed by atoms with E-state index in [4.69, 9.17) is 16.6 Å². The molecular formula is C16H17BrN4OS. The average molecular weight is 393 g/mol. The number of hydrogen-bond acceptors (Lipinski definition) is 4. The smallest absolute Gasteiger partial charge is 0.214 e. The quantitative estimate of drug-likeness (QED) is 0.623. The van der Waals surface area contributed by atoms with Crippen molar-refractivity contribution in [1.29, 1.82) is 0 Å². The van der Waals surface area contributed by atoms with Crippen LogP contribution in [0.4, 0.5) is 0 Å². The van der Waals surface area contributed by atoms with Crippen LogP contribution >= 0.6 is 28.1 Å². The van der Waals surface area contributed by atoms with Crippen LogP contribution in [0.2, 0.25) is 0 Å². The lowest BCUT2D eigenvalue weighted by atomic mass is 10.1. The van der Waals surface area contributed by atoms with E-state index in [9.17, 15) is 0 Å². The van der Waals surface area contributed by atoms with Crippen LogP contribution in [0.3, 0.4) is 0 Å². The van der Waals surface area contributed by atoms with Crippen LogP contribution in [-0.4, -0.2) is 14.9 Å². The minimum absolute atomic E-state index is 0.538. The van der Waals surface area contributed by atoms with Crippen LogP contribution in [0, 0.1) is 11.7 Å². The van der Waals surface area contributed by atoms with Gasteiger partial charge < -0.3 is 9.84 Å². The van der Waals surface area contributed by atoms with Crippen molar-refractivity contribution in [2.24, 2.45) is 0 Å². The van der Waals surface area contributed by atoms with E-state index in [1.54, 1.807) is 4.68 Å². The van der Waals surface area contributed by atoms with E-state index in [2.05, 4.69) is 50.6 Å². The number of nitrogens with one attached hydrogen (secondary N) is 2. The predicted molar refractivity (Wildman–Crippen MR) is 96.4 cm³/mol. The highest BCUT2D eigenvalue weighted by Gasteiger charge is 2.09. The molecule has 120 valence electrons. The summed E-state index contributed by atoms with van der Waals surface area (Å²) in [5.41, 5.74) is 5.49. The Morgan fingerprint density at radius 2 is 2.17 bits per heavy atom. The summed E-state index contributed by atoms with van der Waals surface area (Å²) in [4.78, 5) is 0. The zero-order valence-electron chi connectivity index (χ0n) is 12.9. The molecule has 2 heterocycles.